The molecule has 1 fully saturated rings. The van der Waals surface area contributed by atoms with Crippen molar-refractivity contribution in [2.24, 2.45) is 4.99 Å². The Bertz CT molecular complexity index is 1300. The van der Waals surface area contributed by atoms with Gasteiger partial charge in [0, 0.05) is 30.2 Å². The Morgan fingerprint density at radius 1 is 1.13 bits per heavy atom. The summed E-state index contributed by atoms with van der Waals surface area (Å²) in [6.07, 6.45) is 4.54. The van der Waals surface area contributed by atoms with Crippen LogP contribution >= 0.6 is 22.9 Å². The first-order valence-electron chi connectivity index (χ1n) is 9.99. The molecule has 3 aromatic rings. The normalized spacial score (nSPS) is 16.0. The lowest BCUT2D eigenvalue weighted by atomic mass is 10.2. The van der Waals surface area contributed by atoms with Gasteiger partial charge in [-0.25, -0.2) is 8.42 Å². The number of halogens is 1. The number of sulfonamides is 1. The van der Waals surface area contributed by atoms with E-state index in [1.165, 1.54) is 39.9 Å². The molecule has 162 valence electrons. The van der Waals surface area contributed by atoms with Gasteiger partial charge in [-0.15, -0.1) is 6.58 Å². The van der Waals surface area contributed by atoms with Gasteiger partial charge >= 0.3 is 0 Å². The third-order valence-electron chi connectivity index (χ3n) is 5.21. The smallest absolute Gasteiger partial charge is 0.279 e. The first-order valence-corrected chi connectivity index (χ1v) is 12.6. The maximum atomic E-state index is 12.8. The Hall–Kier alpha value is -2.26. The molecular formula is C22H22ClN3O3S2. The van der Waals surface area contributed by atoms with E-state index in [1.54, 1.807) is 12.1 Å². The highest BCUT2D eigenvalue weighted by molar-refractivity contribution is 7.89. The Morgan fingerprint density at radius 3 is 2.52 bits per heavy atom. The molecule has 1 saturated heterocycles. The third-order valence-corrected chi connectivity index (χ3v) is 8.40. The number of nitrogens with zero attached hydrogens (tertiary/aromatic N) is 3. The van der Waals surface area contributed by atoms with Crippen molar-refractivity contribution >= 4 is 49.1 Å². The predicted octanol–water partition coefficient (Wildman–Crippen LogP) is 4.46. The largest absolute Gasteiger partial charge is 0.312 e. The van der Waals surface area contributed by atoms with Crippen molar-refractivity contribution in [1.82, 2.24) is 8.87 Å². The molecule has 31 heavy (non-hydrogen) atoms. The zero-order valence-corrected chi connectivity index (χ0v) is 19.2. The average Bonchev–Trinajstić information content (AvgIpc) is 3.10. The van der Waals surface area contributed by atoms with Crippen molar-refractivity contribution in [2.75, 3.05) is 13.1 Å². The number of allylic oxidation sites excluding steroid dienone is 1. The van der Waals surface area contributed by atoms with Crippen LogP contribution in [0.3, 0.4) is 0 Å². The molecule has 2 aromatic carbocycles. The lowest BCUT2D eigenvalue weighted by Crippen LogP contribution is -2.35. The van der Waals surface area contributed by atoms with Gasteiger partial charge in [0.05, 0.1) is 15.1 Å². The summed E-state index contributed by atoms with van der Waals surface area (Å²) in [5.41, 5.74) is 1.25. The number of carbonyl (C=O) groups excluding carboxylic acids is 1. The summed E-state index contributed by atoms with van der Waals surface area (Å²) in [6.45, 7) is 5.36. The molecule has 0 saturated carbocycles. The minimum atomic E-state index is -3.53. The summed E-state index contributed by atoms with van der Waals surface area (Å²) in [5, 5.41) is 0.614. The Labute approximate surface area is 190 Å². The molecular weight excluding hydrogens is 454 g/mol. The summed E-state index contributed by atoms with van der Waals surface area (Å²) in [5.74, 6) is -0.433. The van der Waals surface area contributed by atoms with Gasteiger partial charge in [0.1, 0.15) is 0 Å². The molecule has 1 aliphatic rings. The number of benzene rings is 2. The number of piperidine rings is 1. The summed E-state index contributed by atoms with van der Waals surface area (Å²) >= 11 is 7.46. The van der Waals surface area contributed by atoms with Gasteiger partial charge in [-0.05, 0) is 55.3 Å². The number of rotatable bonds is 5. The van der Waals surface area contributed by atoms with E-state index in [0.717, 1.165) is 29.5 Å². The topological polar surface area (TPSA) is 71.7 Å². The second-order valence-corrected chi connectivity index (χ2v) is 10.7. The second kappa shape index (κ2) is 9.08. The molecule has 0 radical (unpaired) electrons. The lowest BCUT2D eigenvalue weighted by Gasteiger charge is -2.25. The Morgan fingerprint density at radius 2 is 1.84 bits per heavy atom. The number of amides is 1. The van der Waals surface area contributed by atoms with Crippen molar-refractivity contribution in [3.8, 4) is 0 Å². The van der Waals surface area contributed by atoms with E-state index in [4.69, 9.17) is 11.6 Å². The maximum Gasteiger partial charge on any atom is 0.279 e. The first kappa shape index (κ1) is 22.0. The van der Waals surface area contributed by atoms with Gasteiger partial charge in [-0.1, -0.05) is 35.4 Å². The number of carbonyl (C=O) groups is 1. The van der Waals surface area contributed by atoms with E-state index in [9.17, 15) is 13.2 Å². The summed E-state index contributed by atoms with van der Waals surface area (Å²) in [6, 6.07) is 11.5. The molecule has 1 amide bonds. The summed E-state index contributed by atoms with van der Waals surface area (Å²) in [7, 11) is -3.53. The van der Waals surface area contributed by atoms with Crippen LogP contribution in [0.25, 0.3) is 10.2 Å². The quantitative estimate of drug-likeness (QED) is 0.511. The van der Waals surface area contributed by atoms with Crippen molar-refractivity contribution in [3.63, 3.8) is 0 Å². The standard InChI is InChI=1S/C22H22ClN3O3S2/c1-2-12-26-19-11-8-17(23)15-20(19)30-22(26)24-21(27)16-6-9-18(10-7-16)31(28,29)25-13-4-3-5-14-25/h2,6-11,15H,1,3-5,12-14H2. The van der Waals surface area contributed by atoms with Crippen molar-refractivity contribution < 1.29 is 13.2 Å². The highest BCUT2D eigenvalue weighted by Crippen LogP contribution is 2.23. The van der Waals surface area contributed by atoms with Crippen LogP contribution in [0.2, 0.25) is 5.02 Å². The minimum Gasteiger partial charge on any atom is -0.312 e. The van der Waals surface area contributed by atoms with Gasteiger partial charge in [-0.3, -0.25) is 4.79 Å². The van der Waals surface area contributed by atoms with Crippen LogP contribution in [-0.4, -0.2) is 36.3 Å². The fourth-order valence-electron chi connectivity index (χ4n) is 3.61. The molecule has 9 heteroatoms. The highest BCUT2D eigenvalue weighted by Gasteiger charge is 2.25. The van der Waals surface area contributed by atoms with Crippen molar-refractivity contribution in [1.29, 1.82) is 0 Å². The van der Waals surface area contributed by atoms with E-state index in [1.807, 2.05) is 16.7 Å². The SMILES string of the molecule is C=CCn1c(=NC(=O)c2ccc(S(=O)(=O)N3CCCCC3)cc2)sc2cc(Cl)ccc21. The van der Waals surface area contributed by atoms with Crippen molar-refractivity contribution in [2.45, 2.75) is 30.7 Å². The number of aromatic nitrogens is 1. The molecule has 4 rings (SSSR count). The van der Waals surface area contributed by atoms with Crippen LogP contribution in [0, 0.1) is 0 Å². The van der Waals surface area contributed by atoms with Crippen molar-refractivity contribution in [3.05, 3.63) is 70.5 Å². The van der Waals surface area contributed by atoms with Crippen LogP contribution in [0.4, 0.5) is 0 Å². The van der Waals surface area contributed by atoms with Crippen LogP contribution in [-0.2, 0) is 16.6 Å². The van der Waals surface area contributed by atoms with Gasteiger partial charge in [0.25, 0.3) is 5.91 Å². The Kier molecular flexibility index (Phi) is 6.43. The number of fused-ring (bicyclic) bond motifs is 1. The highest BCUT2D eigenvalue weighted by atomic mass is 35.5. The molecule has 0 N–H and O–H groups in total. The van der Waals surface area contributed by atoms with E-state index in [0.29, 0.717) is 35.0 Å². The number of thiazole rings is 1. The molecule has 0 aliphatic carbocycles. The molecule has 6 nitrogen and oxygen atoms in total. The predicted molar refractivity (Wildman–Crippen MR) is 124 cm³/mol. The zero-order valence-electron chi connectivity index (χ0n) is 16.8. The van der Waals surface area contributed by atoms with Crippen LogP contribution in [0.5, 0.6) is 0 Å². The lowest BCUT2D eigenvalue weighted by molar-refractivity contribution is 0.0998. The molecule has 2 heterocycles. The zero-order chi connectivity index (χ0) is 22.0. The maximum absolute atomic E-state index is 12.8. The molecule has 0 spiro atoms. The molecule has 0 atom stereocenters. The van der Waals surface area contributed by atoms with E-state index >= 15 is 0 Å². The molecule has 0 unspecified atom stereocenters. The van der Waals surface area contributed by atoms with Gasteiger partial charge in [0.2, 0.25) is 10.0 Å². The summed E-state index contributed by atoms with van der Waals surface area (Å²) in [4.78, 5) is 17.8. The van der Waals surface area contributed by atoms with E-state index < -0.39 is 15.9 Å². The van der Waals surface area contributed by atoms with Crippen LogP contribution in [0.1, 0.15) is 29.6 Å². The first-order chi connectivity index (χ1) is 14.9. The van der Waals surface area contributed by atoms with Gasteiger partial charge in [0.15, 0.2) is 4.80 Å². The summed E-state index contributed by atoms with van der Waals surface area (Å²) < 4.78 is 29.9. The monoisotopic (exact) mass is 475 g/mol. The minimum absolute atomic E-state index is 0.198. The molecule has 0 bridgehead atoms. The second-order valence-electron chi connectivity index (χ2n) is 7.30. The van der Waals surface area contributed by atoms with E-state index in [2.05, 4.69) is 11.6 Å². The number of hydrogen-bond donors (Lipinski definition) is 0. The number of hydrogen-bond acceptors (Lipinski definition) is 4. The third kappa shape index (κ3) is 4.52. The van der Waals surface area contributed by atoms with Gasteiger partial charge in [-0.2, -0.15) is 9.30 Å². The molecule has 1 aliphatic heterocycles. The van der Waals surface area contributed by atoms with Gasteiger partial charge < -0.3 is 4.57 Å². The fraction of sp³-hybridized carbons (Fsp3) is 0.273. The average molecular weight is 476 g/mol. The Balaban J connectivity index is 1.65. The van der Waals surface area contributed by atoms with Crippen LogP contribution in [0.15, 0.2) is 65.0 Å². The van der Waals surface area contributed by atoms with E-state index in [-0.39, 0.29) is 4.90 Å². The fourth-order valence-corrected chi connectivity index (χ4v) is 6.44. The molecule has 1 aromatic heterocycles. The van der Waals surface area contributed by atoms with Crippen LogP contribution < -0.4 is 4.80 Å².